The third-order valence-electron chi connectivity index (χ3n) is 4.23. The SMILES string of the molecule is O=C(Nc1cccnc1)c1cc(-c2ccc(Cl)c(OC3CCOC3)c2)ncn1. The number of nitrogens with one attached hydrogen (secondary N) is 1. The molecule has 2 aromatic heterocycles. The molecule has 3 heterocycles. The lowest BCUT2D eigenvalue weighted by molar-refractivity contribution is 0.102. The molecule has 142 valence electrons. The van der Waals surface area contributed by atoms with Crippen molar-refractivity contribution in [3.05, 3.63) is 65.8 Å². The highest BCUT2D eigenvalue weighted by molar-refractivity contribution is 6.32. The van der Waals surface area contributed by atoms with Crippen LogP contribution in [0, 0.1) is 0 Å². The zero-order valence-electron chi connectivity index (χ0n) is 14.8. The first kappa shape index (κ1) is 18.3. The molecule has 0 bridgehead atoms. The van der Waals surface area contributed by atoms with Gasteiger partial charge in [-0.1, -0.05) is 17.7 Å². The molecule has 1 aliphatic rings. The average molecular weight is 397 g/mol. The van der Waals surface area contributed by atoms with Crippen LogP contribution in [-0.2, 0) is 4.74 Å². The molecule has 1 aromatic carbocycles. The molecule has 0 aliphatic carbocycles. The van der Waals surface area contributed by atoms with Gasteiger partial charge in [-0.15, -0.1) is 0 Å². The van der Waals surface area contributed by atoms with E-state index in [-0.39, 0.29) is 17.7 Å². The highest BCUT2D eigenvalue weighted by Crippen LogP contribution is 2.31. The number of anilines is 1. The predicted octanol–water partition coefficient (Wildman–Crippen LogP) is 3.61. The molecule has 1 atom stereocenters. The Morgan fingerprint density at radius 2 is 2.18 bits per heavy atom. The van der Waals surface area contributed by atoms with E-state index in [0.29, 0.717) is 35.4 Å². The number of hydrogen-bond acceptors (Lipinski definition) is 6. The molecule has 1 N–H and O–H groups in total. The van der Waals surface area contributed by atoms with Crippen LogP contribution in [0.25, 0.3) is 11.3 Å². The highest BCUT2D eigenvalue weighted by Gasteiger charge is 2.19. The first-order chi connectivity index (χ1) is 13.7. The summed E-state index contributed by atoms with van der Waals surface area (Å²) in [5.74, 6) is 0.222. The Balaban J connectivity index is 1.56. The number of aromatic nitrogens is 3. The van der Waals surface area contributed by atoms with Crippen LogP contribution >= 0.6 is 11.6 Å². The highest BCUT2D eigenvalue weighted by atomic mass is 35.5. The lowest BCUT2D eigenvalue weighted by Crippen LogP contribution is -2.16. The minimum absolute atomic E-state index is 0.0148. The normalized spacial score (nSPS) is 16.0. The van der Waals surface area contributed by atoms with Gasteiger partial charge in [0.05, 0.1) is 35.8 Å². The summed E-state index contributed by atoms with van der Waals surface area (Å²) in [5.41, 5.74) is 2.20. The quantitative estimate of drug-likeness (QED) is 0.709. The van der Waals surface area contributed by atoms with Crippen LogP contribution in [0.1, 0.15) is 16.9 Å². The van der Waals surface area contributed by atoms with Crippen molar-refractivity contribution in [3.8, 4) is 17.0 Å². The number of carbonyl (C=O) groups is 1. The van der Waals surface area contributed by atoms with E-state index in [1.807, 2.05) is 12.1 Å². The Kier molecular flexibility index (Phi) is 5.45. The van der Waals surface area contributed by atoms with Crippen molar-refractivity contribution in [2.24, 2.45) is 0 Å². The van der Waals surface area contributed by atoms with Crippen molar-refractivity contribution in [2.45, 2.75) is 12.5 Å². The zero-order valence-corrected chi connectivity index (χ0v) is 15.6. The van der Waals surface area contributed by atoms with Crippen molar-refractivity contribution in [2.75, 3.05) is 18.5 Å². The van der Waals surface area contributed by atoms with Crippen molar-refractivity contribution in [3.63, 3.8) is 0 Å². The molecule has 1 saturated heterocycles. The molecular formula is C20H17ClN4O3. The van der Waals surface area contributed by atoms with E-state index in [9.17, 15) is 4.79 Å². The van der Waals surface area contributed by atoms with Crippen LogP contribution in [0.15, 0.2) is 55.1 Å². The van der Waals surface area contributed by atoms with Gasteiger partial charge in [-0.05, 0) is 30.3 Å². The van der Waals surface area contributed by atoms with E-state index in [0.717, 1.165) is 12.0 Å². The van der Waals surface area contributed by atoms with Crippen molar-refractivity contribution in [1.82, 2.24) is 15.0 Å². The number of carbonyl (C=O) groups excluding carboxylic acids is 1. The summed E-state index contributed by atoms with van der Waals surface area (Å²) < 4.78 is 11.3. The maximum atomic E-state index is 12.5. The second kappa shape index (κ2) is 8.33. The average Bonchev–Trinajstić information content (AvgIpc) is 3.24. The van der Waals surface area contributed by atoms with Crippen LogP contribution in [-0.4, -0.2) is 40.2 Å². The molecule has 1 aliphatic heterocycles. The Morgan fingerprint density at radius 3 is 2.96 bits per heavy atom. The number of benzene rings is 1. The van der Waals surface area contributed by atoms with Crippen LogP contribution in [0.5, 0.6) is 5.75 Å². The molecule has 1 amide bonds. The number of amides is 1. The first-order valence-corrected chi connectivity index (χ1v) is 9.14. The van der Waals surface area contributed by atoms with Crippen LogP contribution in [0.2, 0.25) is 5.02 Å². The van der Waals surface area contributed by atoms with Gasteiger partial charge in [-0.3, -0.25) is 9.78 Å². The Bertz CT molecular complexity index is 978. The van der Waals surface area contributed by atoms with E-state index in [1.54, 1.807) is 36.7 Å². The Labute approximate surface area is 166 Å². The molecule has 3 aromatic rings. The van der Waals surface area contributed by atoms with Crippen molar-refractivity contribution < 1.29 is 14.3 Å². The molecule has 4 rings (SSSR count). The van der Waals surface area contributed by atoms with Crippen molar-refractivity contribution in [1.29, 1.82) is 0 Å². The molecule has 1 fully saturated rings. The number of halogens is 1. The number of rotatable bonds is 5. The fourth-order valence-corrected chi connectivity index (χ4v) is 2.97. The summed E-state index contributed by atoms with van der Waals surface area (Å²) in [6.45, 7) is 1.23. The van der Waals surface area contributed by atoms with Gasteiger partial charge in [0.15, 0.2) is 0 Å². The molecule has 0 radical (unpaired) electrons. The minimum Gasteiger partial charge on any atom is -0.486 e. The van der Waals surface area contributed by atoms with Gasteiger partial charge in [0, 0.05) is 18.2 Å². The number of hydrogen-bond donors (Lipinski definition) is 1. The van der Waals surface area contributed by atoms with Gasteiger partial charge in [0.1, 0.15) is 23.9 Å². The standard InChI is InChI=1S/C20H17ClN4O3/c21-16-4-3-13(8-19(16)28-15-5-7-27-11-15)17-9-18(24-12-23-17)20(26)25-14-2-1-6-22-10-14/h1-4,6,8-10,12,15H,5,7,11H2,(H,25,26). The number of nitrogens with zero attached hydrogens (tertiary/aromatic N) is 3. The molecule has 8 heteroatoms. The van der Waals surface area contributed by atoms with E-state index in [4.69, 9.17) is 21.1 Å². The van der Waals surface area contributed by atoms with E-state index < -0.39 is 0 Å². The summed E-state index contributed by atoms with van der Waals surface area (Å²) in [5, 5.41) is 3.27. The van der Waals surface area contributed by atoms with E-state index in [1.165, 1.54) is 6.33 Å². The second-order valence-corrected chi connectivity index (χ2v) is 6.64. The third kappa shape index (κ3) is 4.27. The molecule has 0 spiro atoms. The predicted molar refractivity (Wildman–Crippen MR) is 105 cm³/mol. The van der Waals surface area contributed by atoms with Gasteiger partial charge in [0.25, 0.3) is 5.91 Å². The fourth-order valence-electron chi connectivity index (χ4n) is 2.81. The summed E-state index contributed by atoms with van der Waals surface area (Å²) in [6, 6.07) is 10.5. The largest absolute Gasteiger partial charge is 0.486 e. The molecule has 7 nitrogen and oxygen atoms in total. The summed E-state index contributed by atoms with van der Waals surface area (Å²) in [6.07, 6.45) is 5.37. The zero-order chi connectivity index (χ0) is 19.3. The molecule has 0 saturated carbocycles. The van der Waals surface area contributed by atoms with Crippen LogP contribution in [0.4, 0.5) is 5.69 Å². The summed E-state index contributed by atoms with van der Waals surface area (Å²) in [7, 11) is 0. The van der Waals surface area contributed by atoms with Gasteiger partial charge in [0.2, 0.25) is 0 Å². The molecule has 28 heavy (non-hydrogen) atoms. The number of ether oxygens (including phenoxy) is 2. The van der Waals surface area contributed by atoms with Gasteiger partial charge in [-0.25, -0.2) is 9.97 Å². The maximum absolute atomic E-state index is 12.5. The fraction of sp³-hybridized carbons (Fsp3) is 0.200. The summed E-state index contributed by atoms with van der Waals surface area (Å²) in [4.78, 5) is 24.8. The third-order valence-corrected chi connectivity index (χ3v) is 4.54. The van der Waals surface area contributed by atoms with Crippen LogP contribution < -0.4 is 10.1 Å². The van der Waals surface area contributed by atoms with Crippen molar-refractivity contribution >= 4 is 23.2 Å². The smallest absolute Gasteiger partial charge is 0.274 e. The lowest BCUT2D eigenvalue weighted by atomic mass is 10.1. The van der Waals surface area contributed by atoms with Crippen LogP contribution in [0.3, 0.4) is 0 Å². The Hall–Kier alpha value is -3.03. The van der Waals surface area contributed by atoms with E-state index in [2.05, 4.69) is 20.3 Å². The minimum atomic E-state index is -0.342. The first-order valence-electron chi connectivity index (χ1n) is 8.77. The summed E-state index contributed by atoms with van der Waals surface area (Å²) >= 11 is 6.27. The second-order valence-electron chi connectivity index (χ2n) is 6.23. The van der Waals surface area contributed by atoms with Gasteiger partial charge in [-0.2, -0.15) is 0 Å². The van der Waals surface area contributed by atoms with Gasteiger partial charge < -0.3 is 14.8 Å². The topological polar surface area (TPSA) is 86.2 Å². The maximum Gasteiger partial charge on any atom is 0.274 e. The molecular weight excluding hydrogens is 380 g/mol. The monoisotopic (exact) mass is 396 g/mol. The number of pyridine rings is 1. The molecule has 1 unspecified atom stereocenters. The van der Waals surface area contributed by atoms with E-state index >= 15 is 0 Å². The van der Waals surface area contributed by atoms with Gasteiger partial charge >= 0.3 is 0 Å². The lowest BCUT2D eigenvalue weighted by Gasteiger charge is -2.14. The Morgan fingerprint density at radius 1 is 1.25 bits per heavy atom.